The van der Waals surface area contributed by atoms with E-state index in [2.05, 4.69) is 5.16 Å². The molecule has 146 valence electrons. The van der Waals surface area contributed by atoms with Crippen LogP contribution in [-0.4, -0.2) is 23.1 Å². The van der Waals surface area contributed by atoms with Gasteiger partial charge in [0.05, 0.1) is 30.1 Å². The Labute approximate surface area is 159 Å². The van der Waals surface area contributed by atoms with E-state index in [0.29, 0.717) is 22.5 Å². The summed E-state index contributed by atoms with van der Waals surface area (Å²) in [6, 6.07) is 7.13. The summed E-state index contributed by atoms with van der Waals surface area (Å²) in [6.45, 7) is 7.25. The predicted molar refractivity (Wildman–Crippen MR) is 102 cm³/mol. The van der Waals surface area contributed by atoms with Gasteiger partial charge < -0.3 is 13.6 Å². The first-order valence-corrected chi connectivity index (χ1v) is 11.0. The number of rotatable bonds is 9. The number of ketones is 1. The Bertz CT molecular complexity index is 840. The zero-order chi connectivity index (χ0) is 19.6. The number of hydrogen-bond donors (Lipinski definition) is 0. The maximum absolute atomic E-state index is 13.3. The van der Waals surface area contributed by atoms with Gasteiger partial charge >= 0.3 is 7.60 Å². The minimum atomic E-state index is -3.41. The van der Waals surface area contributed by atoms with Crippen molar-refractivity contribution in [1.82, 2.24) is 5.16 Å². The number of carbonyl (C=O) groups is 1. The van der Waals surface area contributed by atoms with Crippen LogP contribution >= 0.6 is 7.60 Å². The number of hydrogen-bond acceptors (Lipinski definition) is 6. The van der Waals surface area contributed by atoms with E-state index in [1.165, 1.54) is 6.20 Å². The van der Waals surface area contributed by atoms with Crippen molar-refractivity contribution in [1.29, 1.82) is 0 Å². The van der Waals surface area contributed by atoms with E-state index in [-0.39, 0.29) is 30.1 Å². The van der Waals surface area contributed by atoms with Crippen molar-refractivity contribution in [3.63, 3.8) is 0 Å². The Morgan fingerprint density at radius 3 is 2.37 bits per heavy atom. The highest BCUT2D eigenvalue weighted by molar-refractivity contribution is 7.53. The molecule has 1 heterocycles. The van der Waals surface area contributed by atoms with Crippen LogP contribution < -0.4 is 0 Å². The molecule has 0 aliphatic heterocycles. The second-order valence-electron chi connectivity index (χ2n) is 7.44. The first kappa shape index (κ1) is 20.0. The SMILES string of the molecule is CC(C)OP(=O)(Cc1ccccc1C(=O)c1cnoc1C1CC1)OC(C)C. The third-order valence-corrected chi connectivity index (χ3v) is 6.37. The predicted octanol–water partition coefficient (Wildman–Crippen LogP) is 5.33. The summed E-state index contributed by atoms with van der Waals surface area (Å²) in [6.07, 6.45) is 3.03. The van der Waals surface area contributed by atoms with Crippen LogP contribution in [0, 0.1) is 0 Å². The molecule has 0 unspecified atom stereocenters. The summed E-state index contributed by atoms with van der Waals surface area (Å²) in [7, 11) is -3.41. The van der Waals surface area contributed by atoms with Crippen molar-refractivity contribution in [2.75, 3.05) is 0 Å². The third kappa shape index (κ3) is 4.95. The van der Waals surface area contributed by atoms with Crippen molar-refractivity contribution < 1.29 is 22.9 Å². The fraction of sp³-hybridized carbons (Fsp3) is 0.500. The molecule has 3 rings (SSSR count). The highest BCUT2D eigenvalue weighted by atomic mass is 31.2. The molecule has 1 aromatic carbocycles. The normalized spacial score (nSPS) is 14.9. The molecule has 1 aromatic heterocycles. The number of nitrogens with zero attached hydrogens (tertiary/aromatic N) is 1. The minimum Gasteiger partial charge on any atom is -0.360 e. The zero-order valence-electron chi connectivity index (χ0n) is 16.2. The number of aromatic nitrogens is 1. The summed E-state index contributed by atoms with van der Waals surface area (Å²) in [5, 5.41) is 3.81. The van der Waals surface area contributed by atoms with Crippen LogP contribution in [0.2, 0.25) is 0 Å². The maximum atomic E-state index is 13.3. The second-order valence-corrected chi connectivity index (χ2v) is 9.40. The van der Waals surface area contributed by atoms with Crippen molar-refractivity contribution in [3.8, 4) is 0 Å². The lowest BCUT2D eigenvalue weighted by molar-refractivity contribution is 0.103. The van der Waals surface area contributed by atoms with E-state index < -0.39 is 7.60 Å². The Hall–Kier alpha value is -1.75. The van der Waals surface area contributed by atoms with Crippen molar-refractivity contribution in [2.45, 2.75) is 64.8 Å². The summed E-state index contributed by atoms with van der Waals surface area (Å²) in [4.78, 5) is 13.1. The Kier molecular flexibility index (Phi) is 5.99. The van der Waals surface area contributed by atoms with Gasteiger partial charge in [0.1, 0.15) is 0 Å². The van der Waals surface area contributed by atoms with Gasteiger partial charge in [-0.15, -0.1) is 0 Å². The fourth-order valence-electron chi connectivity index (χ4n) is 3.03. The first-order valence-electron chi connectivity index (χ1n) is 9.32. The fourth-order valence-corrected chi connectivity index (χ4v) is 5.21. The van der Waals surface area contributed by atoms with Crippen LogP contribution in [0.4, 0.5) is 0 Å². The van der Waals surface area contributed by atoms with E-state index in [0.717, 1.165) is 12.8 Å². The molecule has 1 aliphatic rings. The van der Waals surface area contributed by atoms with Gasteiger partial charge in [-0.05, 0) is 46.1 Å². The monoisotopic (exact) mass is 391 g/mol. The van der Waals surface area contributed by atoms with Crippen LogP contribution in [0.3, 0.4) is 0 Å². The highest BCUT2D eigenvalue weighted by Gasteiger charge is 2.34. The molecule has 6 nitrogen and oxygen atoms in total. The van der Waals surface area contributed by atoms with Gasteiger partial charge in [0.2, 0.25) is 0 Å². The topological polar surface area (TPSA) is 78.6 Å². The van der Waals surface area contributed by atoms with Gasteiger partial charge in [-0.2, -0.15) is 0 Å². The summed E-state index contributed by atoms with van der Waals surface area (Å²) in [5.41, 5.74) is 1.59. The van der Waals surface area contributed by atoms with Gasteiger partial charge in [0.25, 0.3) is 0 Å². The molecule has 0 N–H and O–H groups in total. The molecular weight excluding hydrogens is 365 g/mol. The highest BCUT2D eigenvalue weighted by Crippen LogP contribution is 2.54. The molecule has 27 heavy (non-hydrogen) atoms. The zero-order valence-corrected chi connectivity index (χ0v) is 17.1. The lowest BCUT2D eigenvalue weighted by atomic mass is 9.99. The molecule has 0 amide bonds. The average molecular weight is 391 g/mol. The standard InChI is InChI=1S/C20H26NO5P/c1-13(2)25-27(23,26-14(3)4)12-16-7-5-6-8-17(16)19(22)18-11-21-24-20(18)15-9-10-15/h5-8,11,13-15H,9-10,12H2,1-4H3. The van der Waals surface area contributed by atoms with Crippen LogP contribution in [0.5, 0.6) is 0 Å². The molecule has 1 fully saturated rings. The minimum absolute atomic E-state index is 0.0370. The molecule has 0 spiro atoms. The van der Waals surface area contributed by atoms with Crippen LogP contribution in [0.15, 0.2) is 35.0 Å². The molecular formula is C20H26NO5P. The van der Waals surface area contributed by atoms with Gasteiger partial charge in [0, 0.05) is 11.5 Å². The van der Waals surface area contributed by atoms with Gasteiger partial charge in [-0.25, -0.2) is 0 Å². The molecule has 0 radical (unpaired) electrons. The number of carbonyl (C=O) groups excluding carboxylic acids is 1. The third-order valence-electron chi connectivity index (χ3n) is 4.16. The average Bonchev–Trinajstić information content (AvgIpc) is 3.29. The molecule has 1 saturated carbocycles. The van der Waals surface area contributed by atoms with Gasteiger partial charge in [0.15, 0.2) is 11.5 Å². The van der Waals surface area contributed by atoms with Crippen LogP contribution in [-0.2, 0) is 19.8 Å². The van der Waals surface area contributed by atoms with Crippen molar-refractivity contribution >= 4 is 13.4 Å². The van der Waals surface area contributed by atoms with E-state index >= 15 is 0 Å². The maximum Gasteiger partial charge on any atom is 0.335 e. The molecule has 0 atom stereocenters. The smallest absolute Gasteiger partial charge is 0.335 e. The number of benzene rings is 1. The van der Waals surface area contributed by atoms with E-state index in [4.69, 9.17) is 13.6 Å². The van der Waals surface area contributed by atoms with Crippen LogP contribution in [0.25, 0.3) is 0 Å². The summed E-state index contributed by atoms with van der Waals surface area (Å²) >= 11 is 0. The second kappa shape index (κ2) is 8.09. The molecule has 0 saturated heterocycles. The largest absolute Gasteiger partial charge is 0.360 e. The Morgan fingerprint density at radius 2 is 1.78 bits per heavy atom. The van der Waals surface area contributed by atoms with Crippen molar-refractivity contribution in [3.05, 3.63) is 52.9 Å². The molecule has 0 bridgehead atoms. The van der Waals surface area contributed by atoms with Crippen molar-refractivity contribution in [2.24, 2.45) is 0 Å². The Balaban J connectivity index is 1.92. The lowest BCUT2D eigenvalue weighted by Gasteiger charge is -2.23. The molecule has 7 heteroatoms. The summed E-state index contributed by atoms with van der Waals surface area (Å²) < 4.78 is 29.8. The summed E-state index contributed by atoms with van der Waals surface area (Å²) in [5.74, 6) is 0.752. The first-order chi connectivity index (χ1) is 12.8. The van der Waals surface area contributed by atoms with Gasteiger partial charge in [-0.1, -0.05) is 29.4 Å². The quantitative estimate of drug-likeness (QED) is 0.425. The molecule has 1 aliphatic carbocycles. The van der Waals surface area contributed by atoms with Gasteiger partial charge in [-0.3, -0.25) is 9.36 Å². The van der Waals surface area contributed by atoms with E-state index in [1.807, 2.05) is 33.8 Å². The Morgan fingerprint density at radius 1 is 1.15 bits per heavy atom. The van der Waals surface area contributed by atoms with E-state index in [1.54, 1.807) is 18.2 Å². The van der Waals surface area contributed by atoms with E-state index in [9.17, 15) is 9.36 Å². The molecule has 2 aromatic rings. The lowest BCUT2D eigenvalue weighted by Crippen LogP contribution is -2.12. The van der Waals surface area contributed by atoms with Crippen LogP contribution in [0.1, 0.15) is 73.7 Å².